The van der Waals surface area contributed by atoms with Crippen LogP contribution in [0, 0.1) is 5.82 Å². The van der Waals surface area contributed by atoms with Crippen LogP contribution in [0.2, 0.25) is 10.0 Å². The number of halogens is 3. The fourth-order valence-electron chi connectivity index (χ4n) is 2.20. The molecule has 1 N–H and O–H groups in total. The Labute approximate surface area is 148 Å². The van der Waals surface area contributed by atoms with E-state index in [1.54, 1.807) is 48.7 Å². The second-order valence-corrected chi connectivity index (χ2v) is 5.78. The molecule has 2 aromatic carbocycles. The largest absolute Gasteiger partial charge is 0.321 e. The highest BCUT2D eigenvalue weighted by Gasteiger charge is 2.15. The number of carbonyl (C=O) groups excluding carboxylic acids is 1. The molecular weight excluding hydrogens is 350 g/mol. The van der Waals surface area contributed by atoms with Crippen LogP contribution in [-0.4, -0.2) is 10.9 Å². The van der Waals surface area contributed by atoms with Crippen LogP contribution in [0.3, 0.4) is 0 Å². The molecule has 0 spiro atoms. The molecule has 0 saturated carbocycles. The van der Waals surface area contributed by atoms with Crippen molar-refractivity contribution in [3.05, 3.63) is 82.2 Å². The van der Waals surface area contributed by atoms with Crippen molar-refractivity contribution in [3.63, 3.8) is 0 Å². The molecule has 120 valence electrons. The molecule has 1 amide bonds. The SMILES string of the molecule is O=C(Nc1ccccc1Cl)c1ccc(-c2ncccc2Cl)cc1F. The first-order valence-electron chi connectivity index (χ1n) is 7.02. The first-order chi connectivity index (χ1) is 11.6. The molecule has 0 unspecified atom stereocenters. The molecule has 1 heterocycles. The van der Waals surface area contributed by atoms with Gasteiger partial charge in [0, 0.05) is 11.8 Å². The van der Waals surface area contributed by atoms with Gasteiger partial charge in [0.2, 0.25) is 0 Å². The van der Waals surface area contributed by atoms with Crippen LogP contribution in [0.15, 0.2) is 60.8 Å². The van der Waals surface area contributed by atoms with Gasteiger partial charge >= 0.3 is 0 Å². The molecule has 1 aromatic heterocycles. The Balaban J connectivity index is 1.89. The number of rotatable bonds is 3. The molecule has 3 aromatic rings. The number of aromatic nitrogens is 1. The molecule has 0 aliphatic rings. The number of para-hydroxylation sites is 1. The average Bonchev–Trinajstić information content (AvgIpc) is 2.57. The maximum atomic E-state index is 14.4. The van der Waals surface area contributed by atoms with Crippen LogP contribution in [0.25, 0.3) is 11.3 Å². The van der Waals surface area contributed by atoms with E-state index in [1.165, 1.54) is 12.1 Å². The van der Waals surface area contributed by atoms with Gasteiger partial charge in [-0.1, -0.05) is 41.4 Å². The van der Waals surface area contributed by atoms with Crippen LogP contribution >= 0.6 is 23.2 Å². The Kier molecular flexibility index (Phi) is 4.79. The van der Waals surface area contributed by atoms with Crippen LogP contribution in [0.4, 0.5) is 10.1 Å². The molecule has 3 rings (SSSR count). The fraction of sp³-hybridized carbons (Fsp3) is 0. The van der Waals surface area contributed by atoms with E-state index in [9.17, 15) is 9.18 Å². The van der Waals surface area contributed by atoms with Gasteiger partial charge in [-0.25, -0.2) is 4.39 Å². The van der Waals surface area contributed by atoms with Gasteiger partial charge in [0.1, 0.15) is 5.82 Å². The van der Waals surface area contributed by atoms with Crippen molar-refractivity contribution >= 4 is 34.8 Å². The summed E-state index contributed by atoms with van der Waals surface area (Å²) in [4.78, 5) is 16.4. The van der Waals surface area contributed by atoms with Crippen LogP contribution in [0.1, 0.15) is 10.4 Å². The molecule has 3 nitrogen and oxygen atoms in total. The Morgan fingerprint density at radius 3 is 2.46 bits per heavy atom. The van der Waals surface area contributed by atoms with Crippen molar-refractivity contribution in [2.75, 3.05) is 5.32 Å². The number of carbonyl (C=O) groups is 1. The van der Waals surface area contributed by atoms with Crippen LogP contribution < -0.4 is 5.32 Å². The lowest BCUT2D eigenvalue weighted by atomic mass is 10.1. The van der Waals surface area contributed by atoms with Crippen molar-refractivity contribution in [2.24, 2.45) is 0 Å². The first-order valence-corrected chi connectivity index (χ1v) is 7.78. The fourth-order valence-corrected chi connectivity index (χ4v) is 2.61. The lowest BCUT2D eigenvalue weighted by Crippen LogP contribution is -2.14. The number of pyridine rings is 1. The monoisotopic (exact) mass is 360 g/mol. The van der Waals surface area contributed by atoms with E-state index in [0.717, 1.165) is 0 Å². The van der Waals surface area contributed by atoms with Crippen molar-refractivity contribution in [1.29, 1.82) is 0 Å². The van der Waals surface area contributed by atoms with Gasteiger partial charge in [-0.3, -0.25) is 9.78 Å². The summed E-state index contributed by atoms with van der Waals surface area (Å²) in [5, 5.41) is 3.37. The third kappa shape index (κ3) is 3.40. The minimum atomic E-state index is -0.668. The normalized spacial score (nSPS) is 10.5. The zero-order valence-corrected chi connectivity index (χ0v) is 13.8. The number of nitrogens with zero attached hydrogens (tertiary/aromatic N) is 1. The first kappa shape index (κ1) is 16.4. The summed E-state index contributed by atoms with van der Waals surface area (Å²) in [7, 11) is 0. The van der Waals surface area contributed by atoms with E-state index in [4.69, 9.17) is 23.2 Å². The summed E-state index contributed by atoms with van der Waals surface area (Å²) in [5.41, 5.74) is 1.27. The van der Waals surface area contributed by atoms with Gasteiger partial charge in [-0.05, 0) is 36.4 Å². The van der Waals surface area contributed by atoms with Gasteiger partial charge in [0.05, 0.1) is 27.0 Å². The third-order valence-corrected chi connectivity index (χ3v) is 4.00. The zero-order valence-electron chi connectivity index (χ0n) is 12.3. The molecule has 0 saturated heterocycles. The van der Waals surface area contributed by atoms with Crippen molar-refractivity contribution < 1.29 is 9.18 Å². The summed E-state index contributed by atoms with van der Waals surface area (Å²) in [6.07, 6.45) is 1.57. The van der Waals surface area contributed by atoms with Gasteiger partial charge in [-0.15, -0.1) is 0 Å². The smallest absolute Gasteiger partial charge is 0.258 e. The van der Waals surface area contributed by atoms with E-state index < -0.39 is 11.7 Å². The topological polar surface area (TPSA) is 42.0 Å². The second-order valence-electron chi connectivity index (χ2n) is 4.96. The molecule has 0 aliphatic heterocycles. The Morgan fingerprint density at radius 2 is 1.75 bits per heavy atom. The Bertz CT molecular complexity index is 915. The second kappa shape index (κ2) is 6.99. The van der Waals surface area contributed by atoms with E-state index >= 15 is 0 Å². The van der Waals surface area contributed by atoms with Crippen LogP contribution in [0.5, 0.6) is 0 Å². The van der Waals surface area contributed by atoms with Gasteiger partial charge < -0.3 is 5.32 Å². The third-order valence-electron chi connectivity index (χ3n) is 3.37. The molecule has 0 fully saturated rings. The van der Waals surface area contributed by atoms with Gasteiger partial charge in [-0.2, -0.15) is 0 Å². The van der Waals surface area contributed by atoms with Crippen molar-refractivity contribution in [1.82, 2.24) is 4.98 Å². The number of amides is 1. The highest BCUT2D eigenvalue weighted by molar-refractivity contribution is 6.34. The summed E-state index contributed by atoms with van der Waals surface area (Å²) >= 11 is 12.0. The quantitative estimate of drug-likeness (QED) is 0.674. The highest BCUT2D eigenvalue weighted by Crippen LogP contribution is 2.27. The van der Waals surface area contributed by atoms with E-state index in [0.29, 0.717) is 27.0 Å². The number of nitrogens with one attached hydrogen (secondary N) is 1. The molecule has 0 radical (unpaired) electrons. The van der Waals surface area contributed by atoms with Gasteiger partial charge in [0.15, 0.2) is 0 Å². The molecule has 24 heavy (non-hydrogen) atoms. The number of hydrogen-bond donors (Lipinski definition) is 1. The zero-order chi connectivity index (χ0) is 17.1. The molecule has 0 aliphatic carbocycles. The minimum Gasteiger partial charge on any atom is -0.321 e. The van der Waals surface area contributed by atoms with Gasteiger partial charge in [0.25, 0.3) is 5.91 Å². The number of benzene rings is 2. The van der Waals surface area contributed by atoms with E-state index in [-0.39, 0.29) is 5.56 Å². The molecule has 6 heteroatoms. The predicted octanol–water partition coefficient (Wildman–Crippen LogP) is 5.45. The predicted molar refractivity (Wildman–Crippen MR) is 94.0 cm³/mol. The number of anilines is 1. The standard InChI is InChI=1S/C18H11Cl2FN2O/c19-13-4-1-2-6-16(13)23-18(24)12-8-7-11(10-15(12)21)17-14(20)5-3-9-22-17/h1-10H,(H,23,24). The maximum Gasteiger partial charge on any atom is 0.258 e. The van der Waals surface area contributed by atoms with Crippen molar-refractivity contribution in [2.45, 2.75) is 0 Å². The molecule has 0 atom stereocenters. The highest BCUT2D eigenvalue weighted by atomic mass is 35.5. The molecular formula is C18H11Cl2FN2O. The summed E-state index contributed by atoms with van der Waals surface area (Å²) < 4.78 is 14.4. The Morgan fingerprint density at radius 1 is 1.00 bits per heavy atom. The summed E-state index contributed by atoms with van der Waals surface area (Å²) in [6.45, 7) is 0. The average molecular weight is 361 g/mol. The van der Waals surface area contributed by atoms with E-state index in [1.807, 2.05) is 0 Å². The maximum absolute atomic E-state index is 14.4. The number of hydrogen-bond acceptors (Lipinski definition) is 2. The molecule has 0 bridgehead atoms. The van der Waals surface area contributed by atoms with Crippen molar-refractivity contribution in [3.8, 4) is 11.3 Å². The van der Waals surface area contributed by atoms with Crippen LogP contribution in [-0.2, 0) is 0 Å². The minimum absolute atomic E-state index is 0.0919. The lowest BCUT2D eigenvalue weighted by molar-refractivity contribution is 0.102. The Hall–Kier alpha value is -2.43. The lowest BCUT2D eigenvalue weighted by Gasteiger charge is -2.09. The van der Waals surface area contributed by atoms with E-state index in [2.05, 4.69) is 10.3 Å². The summed E-state index contributed by atoms with van der Waals surface area (Å²) in [5.74, 6) is -1.25. The summed E-state index contributed by atoms with van der Waals surface area (Å²) in [6, 6.07) is 14.3.